The van der Waals surface area contributed by atoms with E-state index in [0.717, 1.165) is 0 Å². The Labute approximate surface area is 125 Å². The normalized spacial score (nSPS) is 17.4. The molecule has 0 amide bonds. The van der Waals surface area contributed by atoms with Gasteiger partial charge in [-0.3, -0.25) is 20.2 Å². The van der Waals surface area contributed by atoms with E-state index in [4.69, 9.17) is 0 Å². The quantitative estimate of drug-likeness (QED) is 0.474. The van der Waals surface area contributed by atoms with Crippen LogP contribution in [-0.4, -0.2) is 35.5 Å². The van der Waals surface area contributed by atoms with Gasteiger partial charge in [0.25, 0.3) is 11.4 Å². The number of carbonyl (C=O) groups excluding carboxylic acids is 1. The third-order valence-corrected chi connectivity index (χ3v) is 3.62. The molecule has 9 heteroatoms. The molecule has 1 fully saturated rings. The molecule has 0 aromatic heterocycles. The highest BCUT2D eigenvalue weighted by Crippen LogP contribution is 2.42. The molecule has 2 rings (SSSR count). The van der Waals surface area contributed by atoms with Crippen molar-refractivity contribution in [1.29, 1.82) is 0 Å². The zero-order valence-electron chi connectivity index (χ0n) is 12.1. The van der Waals surface area contributed by atoms with Gasteiger partial charge in [-0.05, 0) is 25.3 Å². The van der Waals surface area contributed by atoms with E-state index < -0.39 is 21.9 Å². The first-order valence-corrected chi connectivity index (χ1v) is 6.64. The number of rotatable bonds is 4. The van der Waals surface area contributed by atoms with Crippen molar-refractivity contribution in [3.05, 3.63) is 37.9 Å². The van der Waals surface area contributed by atoms with Crippen molar-refractivity contribution in [1.82, 2.24) is 0 Å². The zero-order valence-corrected chi connectivity index (χ0v) is 12.1. The lowest BCUT2D eigenvalue weighted by Crippen LogP contribution is -2.37. The van der Waals surface area contributed by atoms with Crippen LogP contribution in [0.3, 0.4) is 0 Å². The van der Waals surface area contributed by atoms with Crippen LogP contribution in [-0.2, 0) is 9.53 Å². The Morgan fingerprint density at radius 1 is 1.27 bits per heavy atom. The smallest absolute Gasteiger partial charge is 0.328 e. The fourth-order valence-corrected chi connectivity index (χ4v) is 2.73. The van der Waals surface area contributed by atoms with E-state index in [1.807, 2.05) is 0 Å². The van der Waals surface area contributed by atoms with Crippen LogP contribution < -0.4 is 4.90 Å². The number of methoxy groups -OCH3 is 1. The van der Waals surface area contributed by atoms with Gasteiger partial charge in [0.1, 0.15) is 6.04 Å². The molecule has 22 heavy (non-hydrogen) atoms. The number of hydrogen-bond donors (Lipinski definition) is 0. The van der Waals surface area contributed by atoms with Gasteiger partial charge in [-0.25, -0.2) is 4.79 Å². The first kappa shape index (κ1) is 15.7. The second kappa shape index (κ2) is 5.96. The van der Waals surface area contributed by atoms with E-state index in [1.165, 1.54) is 24.1 Å². The summed E-state index contributed by atoms with van der Waals surface area (Å²) in [7, 11) is 1.22. The fraction of sp³-hybridized carbons (Fsp3) is 0.462. The Hall–Kier alpha value is -2.71. The van der Waals surface area contributed by atoms with E-state index in [1.54, 1.807) is 6.92 Å². The van der Waals surface area contributed by atoms with Gasteiger partial charge in [-0.1, -0.05) is 0 Å². The number of carbonyl (C=O) groups is 1. The van der Waals surface area contributed by atoms with Crippen LogP contribution in [0.25, 0.3) is 0 Å². The van der Waals surface area contributed by atoms with E-state index >= 15 is 0 Å². The highest BCUT2D eigenvalue weighted by atomic mass is 16.6. The lowest BCUT2D eigenvalue weighted by Gasteiger charge is -2.24. The Kier molecular flexibility index (Phi) is 4.25. The molecule has 1 aromatic rings. The maximum atomic E-state index is 11.8. The zero-order chi connectivity index (χ0) is 16.4. The molecule has 1 aromatic carbocycles. The molecule has 0 N–H and O–H groups in total. The minimum absolute atomic E-state index is 0.131. The highest BCUT2D eigenvalue weighted by Gasteiger charge is 2.39. The second-order valence-electron chi connectivity index (χ2n) is 5.04. The van der Waals surface area contributed by atoms with E-state index in [0.29, 0.717) is 24.9 Å². The Morgan fingerprint density at radius 2 is 1.82 bits per heavy atom. The summed E-state index contributed by atoms with van der Waals surface area (Å²) < 4.78 is 4.69. The molecule has 118 valence electrons. The molecule has 1 atom stereocenters. The van der Waals surface area contributed by atoms with Crippen molar-refractivity contribution >= 4 is 23.0 Å². The number of nitro groups is 2. The predicted molar refractivity (Wildman–Crippen MR) is 76.9 cm³/mol. The summed E-state index contributed by atoms with van der Waals surface area (Å²) >= 11 is 0. The van der Waals surface area contributed by atoms with Crippen molar-refractivity contribution < 1.29 is 19.4 Å². The van der Waals surface area contributed by atoms with Gasteiger partial charge in [0, 0.05) is 18.7 Å². The van der Waals surface area contributed by atoms with Crippen LogP contribution in [0.1, 0.15) is 18.4 Å². The molecule has 1 saturated heterocycles. The molecule has 1 aliphatic heterocycles. The summed E-state index contributed by atoms with van der Waals surface area (Å²) in [5.41, 5.74) is -0.463. The largest absolute Gasteiger partial charge is 0.467 e. The molecule has 0 saturated carbocycles. The molecular weight excluding hydrogens is 294 g/mol. The van der Waals surface area contributed by atoms with Crippen molar-refractivity contribution in [2.24, 2.45) is 0 Å². The predicted octanol–water partition coefficient (Wildman–Crippen LogP) is 1.95. The summed E-state index contributed by atoms with van der Waals surface area (Å²) in [6.07, 6.45) is 1.04. The van der Waals surface area contributed by atoms with Gasteiger partial charge >= 0.3 is 5.97 Å². The summed E-state index contributed by atoms with van der Waals surface area (Å²) in [5, 5.41) is 22.6. The average molecular weight is 309 g/mol. The third kappa shape index (κ3) is 2.69. The van der Waals surface area contributed by atoms with Gasteiger partial charge in [-0.2, -0.15) is 0 Å². The minimum atomic E-state index is -0.745. The minimum Gasteiger partial charge on any atom is -0.467 e. The standard InChI is InChI=1S/C13H15N3O6/c1-8-6-10(15(18)19)12(11(7-8)16(20)21)14-5-3-4-9(14)13(17)22-2/h6-7,9H,3-5H2,1-2H3/t9-/m0/s1. The van der Waals surface area contributed by atoms with Crippen LogP contribution in [0.2, 0.25) is 0 Å². The first-order chi connectivity index (χ1) is 10.4. The number of nitrogens with zero attached hydrogens (tertiary/aromatic N) is 3. The number of aryl methyl sites for hydroxylation is 1. The van der Waals surface area contributed by atoms with E-state index in [2.05, 4.69) is 4.74 Å². The Morgan fingerprint density at radius 3 is 2.27 bits per heavy atom. The average Bonchev–Trinajstić information content (AvgIpc) is 2.94. The van der Waals surface area contributed by atoms with E-state index in [9.17, 15) is 25.0 Å². The maximum Gasteiger partial charge on any atom is 0.328 e. The molecular formula is C13H15N3O6. The molecule has 0 aliphatic carbocycles. The summed E-state index contributed by atoms with van der Waals surface area (Å²) in [4.78, 5) is 34.5. The number of anilines is 1. The molecule has 1 heterocycles. The van der Waals surface area contributed by atoms with Crippen molar-refractivity contribution in [3.63, 3.8) is 0 Å². The topological polar surface area (TPSA) is 116 Å². The number of esters is 1. The van der Waals surface area contributed by atoms with Gasteiger partial charge in [0.05, 0.1) is 17.0 Å². The fourth-order valence-electron chi connectivity index (χ4n) is 2.73. The highest BCUT2D eigenvalue weighted by molar-refractivity contribution is 5.85. The molecule has 1 aliphatic rings. The molecule has 0 bridgehead atoms. The van der Waals surface area contributed by atoms with E-state index in [-0.39, 0.29) is 17.1 Å². The summed E-state index contributed by atoms with van der Waals surface area (Å²) in [6.45, 7) is 1.87. The third-order valence-electron chi connectivity index (χ3n) is 3.62. The second-order valence-corrected chi connectivity index (χ2v) is 5.04. The van der Waals surface area contributed by atoms with Gasteiger partial charge < -0.3 is 9.64 Å². The molecule has 9 nitrogen and oxygen atoms in total. The lowest BCUT2D eigenvalue weighted by molar-refractivity contribution is -0.392. The molecule has 0 unspecified atom stereocenters. The number of hydrogen-bond acceptors (Lipinski definition) is 7. The first-order valence-electron chi connectivity index (χ1n) is 6.64. The molecule has 0 radical (unpaired) electrons. The van der Waals surface area contributed by atoms with Crippen LogP contribution in [0.5, 0.6) is 0 Å². The van der Waals surface area contributed by atoms with Gasteiger partial charge in [0.15, 0.2) is 5.69 Å². The van der Waals surface area contributed by atoms with Crippen LogP contribution >= 0.6 is 0 Å². The van der Waals surface area contributed by atoms with Crippen molar-refractivity contribution in [2.75, 3.05) is 18.6 Å². The van der Waals surface area contributed by atoms with Crippen LogP contribution in [0, 0.1) is 27.2 Å². The Bertz CT molecular complexity index is 610. The number of ether oxygens (including phenoxy) is 1. The Balaban J connectivity index is 2.64. The van der Waals surface area contributed by atoms with Gasteiger partial charge in [0.2, 0.25) is 0 Å². The number of benzene rings is 1. The van der Waals surface area contributed by atoms with Gasteiger partial charge in [-0.15, -0.1) is 0 Å². The van der Waals surface area contributed by atoms with Crippen LogP contribution in [0.15, 0.2) is 12.1 Å². The lowest BCUT2D eigenvalue weighted by atomic mass is 10.1. The monoisotopic (exact) mass is 309 g/mol. The SMILES string of the molecule is COC(=O)[C@@H]1CCCN1c1c([N+](=O)[O-])cc(C)cc1[N+](=O)[O-]. The van der Waals surface area contributed by atoms with Crippen LogP contribution in [0.4, 0.5) is 17.1 Å². The number of nitro benzene ring substituents is 2. The summed E-state index contributed by atoms with van der Waals surface area (Å²) in [6, 6.07) is 1.80. The van der Waals surface area contributed by atoms with Crippen molar-refractivity contribution in [3.8, 4) is 0 Å². The van der Waals surface area contributed by atoms with Crippen molar-refractivity contribution in [2.45, 2.75) is 25.8 Å². The summed E-state index contributed by atoms with van der Waals surface area (Å²) in [5.74, 6) is -0.554. The molecule has 0 spiro atoms. The maximum absolute atomic E-state index is 11.8.